The first kappa shape index (κ1) is 28.5. The highest BCUT2D eigenvalue weighted by Crippen LogP contribution is 2.56. The van der Waals surface area contributed by atoms with Crippen molar-refractivity contribution in [1.82, 2.24) is 14.8 Å². The van der Waals surface area contributed by atoms with Crippen molar-refractivity contribution < 1.29 is 38.4 Å². The first-order valence-electron chi connectivity index (χ1n) is 14.6. The van der Waals surface area contributed by atoms with E-state index in [1.165, 1.54) is 25.6 Å². The minimum absolute atomic E-state index is 0.0723. The first-order valence-corrected chi connectivity index (χ1v) is 15.4. The van der Waals surface area contributed by atoms with Crippen molar-refractivity contribution in [3.05, 3.63) is 52.0 Å². The molecule has 0 saturated carbocycles. The van der Waals surface area contributed by atoms with Gasteiger partial charge in [0.25, 0.3) is 0 Å². The predicted molar refractivity (Wildman–Crippen MR) is 160 cm³/mol. The lowest BCUT2D eigenvalue weighted by Gasteiger charge is -2.39. The molecule has 2 saturated heterocycles. The molecular weight excluding hydrogens is 588 g/mol. The molecule has 4 aliphatic rings. The topological polar surface area (TPSA) is 132 Å². The quantitative estimate of drug-likeness (QED) is 0.377. The summed E-state index contributed by atoms with van der Waals surface area (Å²) in [6.45, 7) is 3.49. The standard InChI is InChI=1S/C31H34N4O8S/c1-34-4-6-35(7-5-34)25(36)10-17-14-44-31(32-17)33-28-19-12-22-21(42-15-43-22)11-18(19)26(27-20(28)13-41-30(27)38)16-8-23(39-2)29(37)24(9-16)40-3/h8-9,11-12,14,20,26-28,37H,4-7,10,13,15H2,1-3H3,(H,32,33)/t20-,26+,27-,28+/m0/s1. The van der Waals surface area contributed by atoms with Crippen molar-refractivity contribution in [1.29, 1.82) is 0 Å². The van der Waals surface area contributed by atoms with Gasteiger partial charge in [0.1, 0.15) is 0 Å². The maximum absolute atomic E-state index is 13.4. The molecule has 1 aliphatic carbocycles. The number of phenolic OH excluding ortho intramolecular Hbond substituents is 1. The Balaban J connectivity index is 1.24. The van der Waals surface area contributed by atoms with E-state index >= 15 is 0 Å². The second-order valence-corrected chi connectivity index (χ2v) is 12.4. The average molecular weight is 623 g/mol. The van der Waals surface area contributed by atoms with Crippen LogP contribution in [0.4, 0.5) is 5.13 Å². The molecule has 2 N–H and O–H groups in total. The van der Waals surface area contributed by atoms with Crippen LogP contribution in [0, 0.1) is 11.8 Å². The van der Waals surface area contributed by atoms with Crippen molar-refractivity contribution in [2.24, 2.45) is 11.8 Å². The largest absolute Gasteiger partial charge is 0.502 e. The summed E-state index contributed by atoms with van der Waals surface area (Å²) in [5.41, 5.74) is 3.24. The van der Waals surface area contributed by atoms with E-state index in [9.17, 15) is 14.7 Å². The number of hydrogen-bond acceptors (Lipinski definition) is 12. The van der Waals surface area contributed by atoms with E-state index in [0.717, 1.165) is 42.9 Å². The number of carbonyl (C=O) groups excluding carboxylic acids is 2. The van der Waals surface area contributed by atoms with E-state index in [0.29, 0.717) is 22.3 Å². The molecule has 1 aromatic heterocycles. The van der Waals surface area contributed by atoms with Crippen molar-refractivity contribution >= 4 is 28.3 Å². The Kier molecular flexibility index (Phi) is 7.37. The number of likely N-dealkylation sites (N-methyl/N-ethyl adjacent to an activating group) is 1. The van der Waals surface area contributed by atoms with E-state index in [1.54, 1.807) is 12.1 Å². The molecule has 2 aromatic carbocycles. The van der Waals surface area contributed by atoms with Crippen molar-refractivity contribution in [2.75, 3.05) is 66.2 Å². The highest BCUT2D eigenvalue weighted by atomic mass is 32.1. The molecule has 4 atom stereocenters. The van der Waals surface area contributed by atoms with E-state index in [2.05, 4.69) is 17.3 Å². The number of ether oxygens (including phenoxy) is 5. The second kappa shape index (κ2) is 11.4. The number of nitrogens with zero attached hydrogens (tertiary/aromatic N) is 3. The number of methoxy groups -OCH3 is 2. The molecule has 7 rings (SSSR count). The van der Waals surface area contributed by atoms with Gasteiger partial charge in [0, 0.05) is 43.4 Å². The average Bonchev–Trinajstić information content (AvgIpc) is 3.77. The Bertz CT molecular complexity index is 1580. The van der Waals surface area contributed by atoms with Gasteiger partial charge in [-0.15, -0.1) is 11.3 Å². The fourth-order valence-electron chi connectivity index (χ4n) is 6.75. The minimum atomic E-state index is -0.544. The van der Waals surface area contributed by atoms with Gasteiger partial charge in [-0.1, -0.05) is 0 Å². The van der Waals surface area contributed by atoms with Crippen LogP contribution in [0.1, 0.15) is 34.3 Å². The summed E-state index contributed by atoms with van der Waals surface area (Å²) in [5.74, 6) is 0.123. The number of nitrogens with one attached hydrogen (secondary N) is 1. The van der Waals surface area contributed by atoms with Crippen LogP contribution in [-0.4, -0.2) is 92.6 Å². The van der Waals surface area contributed by atoms with Gasteiger partial charge in [0.15, 0.2) is 28.1 Å². The Morgan fingerprint density at radius 2 is 1.73 bits per heavy atom. The molecule has 0 unspecified atom stereocenters. The maximum atomic E-state index is 13.4. The molecule has 3 aromatic rings. The zero-order chi connectivity index (χ0) is 30.5. The number of esters is 1. The molecule has 1 amide bonds. The number of hydrogen-bond donors (Lipinski definition) is 2. The Morgan fingerprint density at radius 1 is 1.05 bits per heavy atom. The smallest absolute Gasteiger partial charge is 0.310 e. The van der Waals surface area contributed by atoms with Gasteiger partial charge in [-0.3, -0.25) is 9.59 Å². The summed E-state index contributed by atoms with van der Waals surface area (Å²) in [7, 11) is 5.00. The molecule has 44 heavy (non-hydrogen) atoms. The zero-order valence-corrected chi connectivity index (χ0v) is 25.5. The summed E-state index contributed by atoms with van der Waals surface area (Å²) in [6.07, 6.45) is 0.238. The van der Waals surface area contributed by atoms with Gasteiger partial charge >= 0.3 is 5.97 Å². The number of aromatic hydroxyl groups is 1. The number of rotatable bonds is 7. The molecule has 2 fully saturated rings. The fourth-order valence-corrected chi connectivity index (χ4v) is 7.50. The highest BCUT2D eigenvalue weighted by Gasteiger charge is 2.53. The van der Waals surface area contributed by atoms with Crippen molar-refractivity contribution in [3.8, 4) is 28.7 Å². The molecule has 3 aliphatic heterocycles. The fraction of sp³-hybridized carbons (Fsp3) is 0.452. The van der Waals surface area contributed by atoms with Crippen LogP contribution < -0.4 is 24.3 Å². The van der Waals surface area contributed by atoms with E-state index in [1.807, 2.05) is 22.4 Å². The van der Waals surface area contributed by atoms with Crippen LogP contribution in [0.3, 0.4) is 0 Å². The van der Waals surface area contributed by atoms with Crippen molar-refractivity contribution in [2.45, 2.75) is 18.4 Å². The normalized spacial score (nSPS) is 24.0. The van der Waals surface area contributed by atoms with Crippen molar-refractivity contribution in [3.63, 3.8) is 0 Å². The maximum Gasteiger partial charge on any atom is 0.310 e. The van der Waals surface area contributed by atoms with Crippen LogP contribution in [0.25, 0.3) is 0 Å². The van der Waals surface area contributed by atoms with Gasteiger partial charge in [0.05, 0.1) is 44.9 Å². The van der Waals surface area contributed by atoms with E-state index in [4.69, 9.17) is 28.7 Å². The monoisotopic (exact) mass is 622 g/mol. The number of piperazine rings is 1. The van der Waals surface area contributed by atoms with Crippen LogP contribution >= 0.6 is 11.3 Å². The Labute approximate surface area is 258 Å². The molecular formula is C31H34N4O8S. The summed E-state index contributed by atoms with van der Waals surface area (Å²) in [4.78, 5) is 35.3. The first-order chi connectivity index (χ1) is 21.3. The molecule has 0 bridgehead atoms. The van der Waals surface area contributed by atoms with Crippen LogP contribution in [0.2, 0.25) is 0 Å². The Hall–Kier alpha value is -4.23. The lowest BCUT2D eigenvalue weighted by Crippen LogP contribution is -2.47. The van der Waals surface area contributed by atoms with Gasteiger partial charge in [-0.2, -0.15) is 0 Å². The number of phenols is 1. The summed E-state index contributed by atoms with van der Waals surface area (Å²) in [5, 5.41) is 16.7. The lowest BCUT2D eigenvalue weighted by atomic mass is 9.65. The third kappa shape index (κ3) is 4.93. The van der Waals surface area contributed by atoms with Crippen LogP contribution in [0.5, 0.6) is 28.7 Å². The minimum Gasteiger partial charge on any atom is -0.502 e. The third-order valence-corrected chi connectivity index (χ3v) is 9.89. The Morgan fingerprint density at radius 3 is 2.41 bits per heavy atom. The molecule has 0 radical (unpaired) electrons. The summed E-state index contributed by atoms with van der Waals surface area (Å²) < 4.78 is 28.1. The molecule has 232 valence electrons. The lowest BCUT2D eigenvalue weighted by molar-refractivity contribution is -0.141. The number of cyclic esters (lactones) is 1. The number of anilines is 1. The van der Waals surface area contributed by atoms with Gasteiger partial charge in [0.2, 0.25) is 18.4 Å². The zero-order valence-electron chi connectivity index (χ0n) is 24.7. The molecule has 12 nitrogen and oxygen atoms in total. The SMILES string of the molecule is COc1cc([C@@H]2c3cc4c(cc3[C@@H](Nc3nc(CC(=O)N5CCN(C)CC5)cs3)[C@H]3COC(=O)[C@H]23)OCO4)cc(OC)c1O. The highest BCUT2D eigenvalue weighted by molar-refractivity contribution is 7.13. The summed E-state index contributed by atoms with van der Waals surface area (Å²) >= 11 is 1.43. The van der Waals surface area contributed by atoms with Gasteiger partial charge < -0.3 is 43.9 Å². The molecule has 0 spiro atoms. The number of benzene rings is 2. The second-order valence-electron chi connectivity index (χ2n) is 11.5. The van der Waals surface area contributed by atoms with Crippen LogP contribution in [-0.2, 0) is 20.7 Å². The predicted octanol–water partition coefficient (Wildman–Crippen LogP) is 3.00. The van der Waals surface area contributed by atoms with Crippen LogP contribution in [0.15, 0.2) is 29.6 Å². The number of carbonyl (C=O) groups is 2. The number of fused-ring (bicyclic) bond motifs is 3. The van der Waals surface area contributed by atoms with E-state index < -0.39 is 11.8 Å². The molecule has 4 heterocycles. The van der Waals surface area contributed by atoms with Gasteiger partial charge in [-0.25, -0.2) is 4.98 Å². The number of aromatic nitrogens is 1. The number of thiazole rings is 1. The number of amides is 1. The van der Waals surface area contributed by atoms with E-state index in [-0.39, 0.29) is 60.9 Å². The third-order valence-electron chi connectivity index (χ3n) is 9.07. The molecule has 13 heteroatoms. The summed E-state index contributed by atoms with van der Waals surface area (Å²) in [6, 6.07) is 7.02. The van der Waals surface area contributed by atoms with Gasteiger partial charge in [-0.05, 0) is 48.0 Å².